The lowest BCUT2D eigenvalue weighted by Crippen LogP contribution is -2.36. The van der Waals surface area contributed by atoms with E-state index in [4.69, 9.17) is 0 Å². The summed E-state index contributed by atoms with van der Waals surface area (Å²) in [6.45, 7) is 4.87. The van der Waals surface area contributed by atoms with E-state index in [1.54, 1.807) is 16.8 Å². The molecule has 140 valence electrons. The van der Waals surface area contributed by atoms with Gasteiger partial charge in [-0.25, -0.2) is 9.07 Å². The number of carbonyl (C=O) groups is 1. The molecule has 2 aromatic rings. The highest BCUT2D eigenvalue weighted by atomic mass is 19.1. The van der Waals surface area contributed by atoms with Gasteiger partial charge in [0.15, 0.2) is 0 Å². The first-order chi connectivity index (χ1) is 12.6. The van der Waals surface area contributed by atoms with Crippen molar-refractivity contribution in [3.8, 4) is 5.69 Å². The Morgan fingerprint density at radius 2 is 2.19 bits per heavy atom. The maximum Gasteiger partial charge on any atom is 0.220 e. The monoisotopic (exact) mass is 358 g/mol. The largest absolute Gasteiger partial charge is 0.356 e. The van der Waals surface area contributed by atoms with E-state index < -0.39 is 0 Å². The number of rotatable bonds is 7. The zero-order chi connectivity index (χ0) is 18.4. The van der Waals surface area contributed by atoms with E-state index in [0.29, 0.717) is 31.2 Å². The minimum atomic E-state index is -0.262. The van der Waals surface area contributed by atoms with Crippen molar-refractivity contribution < 1.29 is 9.18 Å². The first-order valence-corrected chi connectivity index (χ1v) is 9.40. The molecule has 1 amide bonds. The number of aromatic nitrogens is 2. The standard InChI is InChI=1S/C20H27FN4O/c1-15(16-3-2-10-22-14-16)13-20(26)23-11-8-18-9-12-25(24-18)19-6-4-17(21)5-7-19/h4-7,9,12,15-16,22H,2-3,8,10-11,13-14H2,1H3,(H,23,26). The highest BCUT2D eigenvalue weighted by Crippen LogP contribution is 2.22. The molecule has 1 aliphatic rings. The van der Waals surface area contributed by atoms with Gasteiger partial charge in [-0.2, -0.15) is 5.10 Å². The summed E-state index contributed by atoms with van der Waals surface area (Å²) in [7, 11) is 0. The fourth-order valence-electron chi connectivity index (χ4n) is 3.46. The summed E-state index contributed by atoms with van der Waals surface area (Å²) in [5.41, 5.74) is 1.72. The Hall–Kier alpha value is -2.21. The molecule has 2 unspecified atom stereocenters. The molecule has 1 saturated heterocycles. The second kappa shape index (κ2) is 8.94. The molecule has 0 aliphatic carbocycles. The third-order valence-corrected chi connectivity index (χ3v) is 5.09. The zero-order valence-corrected chi connectivity index (χ0v) is 15.2. The fraction of sp³-hybridized carbons (Fsp3) is 0.500. The van der Waals surface area contributed by atoms with E-state index in [2.05, 4.69) is 22.7 Å². The van der Waals surface area contributed by atoms with Crippen molar-refractivity contribution in [1.29, 1.82) is 0 Å². The number of hydrogen-bond donors (Lipinski definition) is 2. The highest BCUT2D eigenvalue weighted by Gasteiger charge is 2.21. The summed E-state index contributed by atoms with van der Waals surface area (Å²) in [4.78, 5) is 12.2. The molecule has 0 bridgehead atoms. The number of amides is 1. The topological polar surface area (TPSA) is 59.0 Å². The summed E-state index contributed by atoms with van der Waals surface area (Å²) in [6, 6.07) is 8.14. The summed E-state index contributed by atoms with van der Waals surface area (Å²) in [5, 5.41) is 10.9. The smallest absolute Gasteiger partial charge is 0.220 e. The Kier molecular flexibility index (Phi) is 6.39. The van der Waals surface area contributed by atoms with E-state index in [9.17, 15) is 9.18 Å². The lowest BCUT2D eigenvalue weighted by Gasteiger charge is -2.28. The van der Waals surface area contributed by atoms with Gasteiger partial charge in [0.05, 0.1) is 11.4 Å². The fourth-order valence-corrected chi connectivity index (χ4v) is 3.46. The predicted octanol–water partition coefficient (Wildman–Crippen LogP) is 2.70. The lowest BCUT2D eigenvalue weighted by molar-refractivity contribution is -0.122. The number of benzene rings is 1. The van der Waals surface area contributed by atoms with Crippen LogP contribution in [0.3, 0.4) is 0 Å². The second-order valence-corrected chi connectivity index (χ2v) is 7.12. The Morgan fingerprint density at radius 3 is 2.92 bits per heavy atom. The van der Waals surface area contributed by atoms with E-state index in [1.807, 2.05) is 12.3 Å². The van der Waals surface area contributed by atoms with Crippen LogP contribution in [0.1, 0.15) is 31.9 Å². The van der Waals surface area contributed by atoms with Crippen LogP contribution in [0.5, 0.6) is 0 Å². The van der Waals surface area contributed by atoms with Crippen LogP contribution < -0.4 is 10.6 Å². The van der Waals surface area contributed by atoms with Crippen LogP contribution in [0.15, 0.2) is 36.5 Å². The van der Waals surface area contributed by atoms with Crippen molar-refractivity contribution in [2.45, 2.75) is 32.6 Å². The maximum atomic E-state index is 13.0. The van der Waals surface area contributed by atoms with Gasteiger partial charge in [0, 0.05) is 25.6 Å². The van der Waals surface area contributed by atoms with Crippen LogP contribution in [0.2, 0.25) is 0 Å². The quantitative estimate of drug-likeness (QED) is 0.800. The summed E-state index contributed by atoms with van der Waals surface area (Å²) in [5.74, 6) is 0.851. The molecule has 3 rings (SSSR count). The van der Waals surface area contributed by atoms with Crippen LogP contribution in [0.4, 0.5) is 4.39 Å². The molecule has 1 aromatic carbocycles. The third kappa shape index (κ3) is 5.14. The number of halogens is 1. The van der Waals surface area contributed by atoms with Gasteiger partial charge >= 0.3 is 0 Å². The minimum absolute atomic E-state index is 0.112. The maximum absolute atomic E-state index is 13.0. The van der Waals surface area contributed by atoms with Crippen LogP contribution in [-0.4, -0.2) is 35.3 Å². The second-order valence-electron chi connectivity index (χ2n) is 7.12. The molecule has 0 spiro atoms. The van der Waals surface area contributed by atoms with E-state index in [-0.39, 0.29) is 11.7 Å². The molecule has 1 aliphatic heterocycles. The number of hydrogen-bond acceptors (Lipinski definition) is 3. The number of piperidine rings is 1. The van der Waals surface area contributed by atoms with Crippen molar-refractivity contribution >= 4 is 5.91 Å². The van der Waals surface area contributed by atoms with E-state index in [0.717, 1.165) is 24.5 Å². The van der Waals surface area contributed by atoms with Gasteiger partial charge in [0.1, 0.15) is 5.82 Å². The van der Waals surface area contributed by atoms with Crippen LogP contribution in [-0.2, 0) is 11.2 Å². The van der Waals surface area contributed by atoms with Gasteiger partial charge in [-0.3, -0.25) is 4.79 Å². The molecule has 1 aromatic heterocycles. The Balaban J connectivity index is 1.41. The van der Waals surface area contributed by atoms with Gasteiger partial charge in [0.2, 0.25) is 5.91 Å². The highest BCUT2D eigenvalue weighted by molar-refractivity contribution is 5.76. The van der Waals surface area contributed by atoms with Crippen molar-refractivity contribution in [2.24, 2.45) is 11.8 Å². The molecule has 26 heavy (non-hydrogen) atoms. The Bertz CT molecular complexity index is 707. The molecular weight excluding hydrogens is 331 g/mol. The predicted molar refractivity (Wildman–Crippen MR) is 99.6 cm³/mol. The molecule has 6 heteroatoms. The van der Waals surface area contributed by atoms with Gasteiger partial charge < -0.3 is 10.6 Å². The normalized spacial score (nSPS) is 18.5. The first kappa shape index (κ1) is 18.6. The molecular formula is C20H27FN4O. The molecule has 2 atom stereocenters. The lowest BCUT2D eigenvalue weighted by atomic mass is 9.85. The average molecular weight is 358 g/mol. The number of nitrogens with one attached hydrogen (secondary N) is 2. The average Bonchev–Trinajstić information content (AvgIpc) is 3.12. The summed E-state index contributed by atoms with van der Waals surface area (Å²) < 4.78 is 14.7. The van der Waals surface area contributed by atoms with Crippen molar-refractivity contribution in [3.05, 3.63) is 48.0 Å². The van der Waals surface area contributed by atoms with E-state index >= 15 is 0 Å². The first-order valence-electron chi connectivity index (χ1n) is 9.40. The van der Waals surface area contributed by atoms with Crippen LogP contribution >= 0.6 is 0 Å². The van der Waals surface area contributed by atoms with Crippen LogP contribution in [0.25, 0.3) is 5.69 Å². The Morgan fingerprint density at radius 1 is 1.38 bits per heavy atom. The van der Waals surface area contributed by atoms with Crippen molar-refractivity contribution in [1.82, 2.24) is 20.4 Å². The molecule has 5 nitrogen and oxygen atoms in total. The van der Waals surface area contributed by atoms with Crippen LogP contribution in [0, 0.1) is 17.7 Å². The van der Waals surface area contributed by atoms with Gasteiger partial charge in [0.25, 0.3) is 0 Å². The Labute approximate surface area is 154 Å². The summed E-state index contributed by atoms with van der Waals surface area (Å²) in [6.07, 6.45) is 5.52. The third-order valence-electron chi connectivity index (χ3n) is 5.09. The minimum Gasteiger partial charge on any atom is -0.356 e. The van der Waals surface area contributed by atoms with Crippen molar-refractivity contribution in [2.75, 3.05) is 19.6 Å². The SMILES string of the molecule is CC(CC(=O)NCCc1ccn(-c2ccc(F)cc2)n1)C1CCCNC1. The van der Waals surface area contributed by atoms with Crippen molar-refractivity contribution in [3.63, 3.8) is 0 Å². The molecule has 0 radical (unpaired) electrons. The number of nitrogens with zero attached hydrogens (tertiary/aromatic N) is 2. The van der Waals surface area contributed by atoms with Gasteiger partial charge in [-0.05, 0) is 68.1 Å². The summed E-state index contributed by atoms with van der Waals surface area (Å²) >= 11 is 0. The molecule has 0 saturated carbocycles. The van der Waals surface area contributed by atoms with E-state index in [1.165, 1.54) is 25.0 Å². The van der Waals surface area contributed by atoms with Gasteiger partial charge in [-0.15, -0.1) is 0 Å². The van der Waals surface area contributed by atoms with Gasteiger partial charge in [-0.1, -0.05) is 6.92 Å². The molecule has 2 N–H and O–H groups in total. The number of carbonyl (C=O) groups excluding carboxylic acids is 1. The molecule has 1 fully saturated rings. The zero-order valence-electron chi connectivity index (χ0n) is 15.2. The molecule has 2 heterocycles.